The summed E-state index contributed by atoms with van der Waals surface area (Å²) in [5, 5.41) is 0. The molecule has 0 bridgehead atoms. The first-order valence-corrected chi connectivity index (χ1v) is 10.6. The lowest BCUT2D eigenvalue weighted by Gasteiger charge is -2.38. The molecule has 1 aliphatic carbocycles. The number of amides is 1. The number of hydrogen-bond acceptors (Lipinski definition) is 4. The molecule has 148 valence electrons. The molecule has 0 saturated carbocycles. The molecule has 4 rings (SSSR count). The zero-order valence-corrected chi connectivity index (χ0v) is 16.3. The summed E-state index contributed by atoms with van der Waals surface area (Å²) >= 11 is 0. The molecule has 2 N–H and O–H groups in total. The van der Waals surface area contributed by atoms with Gasteiger partial charge in [0, 0.05) is 25.7 Å². The van der Waals surface area contributed by atoms with Gasteiger partial charge in [0.1, 0.15) is 0 Å². The molecule has 5 nitrogen and oxygen atoms in total. The molecule has 2 saturated heterocycles. The molecule has 0 unspecified atom stereocenters. The van der Waals surface area contributed by atoms with Gasteiger partial charge in [-0.15, -0.1) is 0 Å². The van der Waals surface area contributed by atoms with Crippen molar-refractivity contribution in [2.75, 3.05) is 39.3 Å². The van der Waals surface area contributed by atoms with Gasteiger partial charge in [0.15, 0.2) is 0 Å². The summed E-state index contributed by atoms with van der Waals surface area (Å²) in [4.78, 5) is 16.4. The lowest BCUT2D eigenvalue weighted by molar-refractivity contribution is -0.119. The maximum atomic E-state index is 11.5. The number of rotatable bonds is 7. The van der Waals surface area contributed by atoms with Crippen LogP contribution in [0, 0.1) is 5.92 Å². The minimum absolute atomic E-state index is 0.228. The van der Waals surface area contributed by atoms with Crippen molar-refractivity contribution >= 4 is 5.91 Å². The van der Waals surface area contributed by atoms with Crippen LogP contribution in [0.25, 0.3) is 0 Å². The van der Waals surface area contributed by atoms with E-state index < -0.39 is 0 Å². The highest BCUT2D eigenvalue weighted by Gasteiger charge is 2.31. The van der Waals surface area contributed by atoms with Gasteiger partial charge < -0.3 is 10.5 Å². The monoisotopic (exact) mass is 371 g/mol. The van der Waals surface area contributed by atoms with Gasteiger partial charge in [-0.2, -0.15) is 0 Å². The SMILES string of the molecule is NC(=O)CN(CC1CCN(C2Cc3ccccc3C2)CC1)C[C@H]1CCCO1. The number of primary amides is 1. The maximum absolute atomic E-state index is 11.5. The Hall–Kier alpha value is -1.43. The zero-order chi connectivity index (χ0) is 18.6. The van der Waals surface area contributed by atoms with E-state index in [1.54, 1.807) is 0 Å². The third-order valence-electron chi connectivity index (χ3n) is 6.58. The number of ether oxygens (including phenoxy) is 1. The van der Waals surface area contributed by atoms with Crippen molar-refractivity contribution in [3.05, 3.63) is 35.4 Å². The molecular weight excluding hydrogens is 338 g/mol. The number of nitrogens with two attached hydrogens (primary N) is 1. The van der Waals surface area contributed by atoms with Gasteiger partial charge in [-0.3, -0.25) is 14.6 Å². The molecule has 1 amide bonds. The molecule has 0 spiro atoms. The fourth-order valence-electron chi connectivity index (χ4n) is 5.16. The van der Waals surface area contributed by atoms with Crippen molar-refractivity contribution in [1.29, 1.82) is 0 Å². The van der Waals surface area contributed by atoms with Gasteiger partial charge in [0.25, 0.3) is 0 Å². The second-order valence-electron chi connectivity index (χ2n) is 8.61. The van der Waals surface area contributed by atoms with Crippen LogP contribution in [0.2, 0.25) is 0 Å². The minimum Gasteiger partial charge on any atom is -0.377 e. The van der Waals surface area contributed by atoms with Crippen LogP contribution in [-0.2, 0) is 22.4 Å². The Kier molecular flexibility index (Phi) is 6.11. The normalized spacial score (nSPS) is 24.6. The molecule has 1 aromatic rings. The summed E-state index contributed by atoms with van der Waals surface area (Å²) in [5.74, 6) is 0.430. The molecule has 27 heavy (non-hydrogen) atoms. The van der Waals surface area contributed by atoms with Crippen LogP contribution < -0.4 is 5.73 Å². The standard InChI is InChI=1S/C22H33N3O2/c23-22(26)16-24(15-21-6-3-11-27-21)14-17-7-9-25(10-8-17)20-12-18-4-1-2-5-19(18)13-20/h1-2,4-5,17,20-21H,3,6-16H2,(H2,23,26)/t21-/m1/s1. The number of nitrogens with zero attached hydrogens (tertiary/aromatic N) is 2. The molecular formula is C22H33N3O2. The fourth-order valence-corrected chi connectivity index (χ4v) is 5.16. The van der Waals surface area contributed by atoms with Crippen molar-refractivity contribution in [3.8, 4) is 0 Å². The largest absolute Gasteiger partial charge is 0.377 e. The first-order valence-electron chi connectivity index (χ1n) is 10.6. The second-order valence-corrected chi connectivity index (χ2v) is 8.61. The number of benzene rings is 1. The Morgan fingerprint density at radius 2 is 1.81 bits per heavy atom. The van der Waals surface area contributed by atoms with E-state index in [-0.39, 0.29) is 12.0 Å². The van der Waals surface area contributed by atoms with Crippen molar-refractivity contribution in [1.82, 2.24) is 9.80 Å². The molecule has 1 aromatic carbocycles. The van der Waals surface area contributed by atoms with Crippen LogP contribution >= 0.6 is 0 Å². The third kappa shape index (κ3) is 4.89. The average molecular weight is 372 g/mol. The molecule has 3 aliphatic rings. The van der Waals surface area contributed by atoms with E-state index in [0.29, 0.717) is 18.5 Å². The number of hydrogen-bond donors (Lipinski definition) is 1. The van der Waals surface area contributed by atoms with Crippen molar-refractivity contribution in [3.63, 3.8) is 0 Å². The van der Waals surface area contributed by atoms with Gasteiger partial charge in [0.05, 0.1) is 12.6 Å². The minimum atomic E-state index is -0.228. The van der Waals surface area contributed by atoms with Gasteiger partial charge in [-0.05, 0) is 68.7 Å². The Morgan fingerprint density at radius 1 is 1.11 bits per heavy atom. The molecule has 2 aliphatic heterocycles. The highest BCUT2D eigenvalue weighted by atomic mass is 16.5. The van der Waals surface area contributed by atoms with E-state index in [0.717, 1.165) is 32.5 Å². The number of likely N-dealkylation sites (tertiary alicyclic amines) is 1. The highest BCUT2D eigenvalue weighted by Crippen LogP contribution is 2.29. The molecule has 2 heterocycles. The second kappa shape index (κ2) is 8.72. The van der Waals surface area contributed by atoms with Crippen LogP contribution in [0.15, 0.2) is 24.3 Å². The summed E-state index contributed by atoms with van der Waals surface area (Å²) in [6.07, 6.45) is 7.36. The molecule has 0 aromatic heterocycles. The van der Waals surface area contributed by atoms with Gasteiger partial charge in [0.2, 0.25) is 5.91 Å². The summed E-state index contributed by atoms with van der Waals surface area (Å²) in [6.45, 7) is 5.39. The number of piperidine rings is 1. The van der Waals surface area contributed by atoms with Crippen LogP contribution in [0.5, 0.6) is 0 Å². The van der Waals surface area contributed by atoms with E-state index in [1.807, 2.05) is 0 Å². The smallest absolute Gasteiger partial charge is 0.231 e. The molecule has 5 heteroatoms. The van der Waals surface area contributed by atoms with Crippen molar-refractivity contribution in [2.24, 2.45) is 11.7 Å². The van der Waals surface area contributed by atoms with Gasteiger partial charge >= 0.3 is 0 Å². The maximum Gasteiger partial charge on any atom is 0.231 e. The molecule has 1 atom stereocenters. The van der Waals surface area contributed by atoms with Crippen molar-refractivity contribution in [2.45, 2.75) is 50.7 Å². The third-order valence-corrected chi connectivity index (χ3v) is 6.58. The highest BCUT2D eigenvalue weighted by molar-refractivity contribution is 5.75. The van der Waals surface area contributed by atoms with Crippen LogP contribution in [0.1, 0.15) is 36.8 Å². The van der Waals surface area contributed by atoms with E-state index in [9.17, 15) is 4.79 Å². The molecule has 0 radical (unpaired) electrons. The topological polar surface area (TPSA) is 58.8 Å². The van der Waals surface area contributed by atoms with E-state index >= 15 is 0 Å². The van der Waals surface area contributed by atoms with E-state index in [4.69, 9.17) is 10.5 Å². The van der Waals surface area contributed by atoms with Crippen LogP contribution in [0.4, 0.5) is 0 Å². The first-order chi connectivity index (χ1) is 13.2. The predicted molar refractivity (Wildman–Crippen MR) is 107 cm³/mol. The number of fused-ring (bicyclic) bond motifs is 1. The predicted octanol–water partition coefficient (Wildman–Crippen LogP) is 1.83. The lowest BCUT2D eigenvalue weighted by atomic mass is 9.94. The summed E-state index contributed by atoms with van der Waals surface area (Å²) in [5.41, 5.74) is 8.56. The molecule has 2 fully saturated rings. The first kappa shape index (κ1) is 18.9. The van der Waals surface area contributed by atoms with Crippen molar-refractivity contribution < 1.29 is 9.53 Å². The Labute approximate surface area is 162 Å². The summed E-state index contributed by atoms with van der Waals surface area (Å²) in [7, 11) is 0. The Balaban J connectivity index is 1.26. The van der Waals surface area contributed by atoms with Gasteiger partial charge in [-0.25, -0.2) is 0 Å². The number of carbonyl (C=O) groups excluding carboxylic acids is 1. The fraction of sp³-hybridized carbons (Fsp3) is 0.682. The summed E-state index contributed by atoms with van der Waals surface area (Å²) in [6, 6.07) is 9.57. The zero-order valence-electron chi connectivity index (χ0n) is 16.3. The summed E-state index contributed by atoms with van der Waals surface area (Å²) < 4.78 is 5.77. The Morgan fingerprint density at radius 3 is 2.41 bits per heavy atom. The number of carbonyl (C=O) groups is 1. The average Bonchev–Trinajstić information content (AvgIpc) is 3.31. The van der Waals surface area contributed by atoms with Crippen LogP contribution in [0.3, 0.4) is 0 Å². The van der Waals surface area contributed by atoms with E-state index in [1.165, 1.54) is 49.9 Å². The lowest BCUT2D eigenvalue weighted by Crippen LogP contribution is -2.46. The Bertz CT molecular complexity index is 611. The van der Waals surface area contributed by atoms with E-state index in [2.05, 4.69) is 34.1 Å². The van der Waals surface area contributed by atoms with Gasteiger partial charge in [-0.1, -0.05) is 24.3 Å². The quantitative estimate of drug-likeness (QED) is 0.794. The van der Waals surface area contributed by atoms with Crippen LogP contribution in [-0.4, -0.2) is 67.2 Å².